The lowest BCUT2D eigenvalue weighted by Crippen LogP contribution is -2.56. The molecule has 0 aromatic heterocycles. The molecule has 0 N–H and O–H groups in total. The number of carbonyl (C=O) groups excluding carboxylic acids is 2. The van der Waals surface area contributed by atoms with E-state index in [-0.39, 0.29) is 10.8 Å². The molecular weight excluding hydrogens is 212 g/mol. The monoisotopic (exact) mass is 232 g/mol. The van der Waals surface area contributed by atoms with Gasteiger partial charge in [0.1, 0.15) is 0 Å². The minimum atomic E-state index is -3.27. The average molecular weight is 232 g/mol. The summed E-state index contributed by atoms with van der Waals surface area (Å²) in [5.41, 5.74) is 0. The Morgan fingerprint density at radius 2 is 1.27 bits per heavy atom. The van der Waals surface area contributed by atoms with Crippen LogP contribution in [0.5, 0.6) is 0 Å². The Morgan fingerprint density at radius 3 is 1.47 bits per heavy atom. The summed E-state index contributed by atoms with van der Waals surface area (Å²) in [5.74, 6) is 0. The molecule has 0 saturated carbocycles. The summed E-state index contributed by atoms with van der Waals surface area (Å²) in [4.78, 5) is 23.7. The van der Waals surface area contributed by atoms with E-state index in [0.717, 1.165) is 0 Å². The van der Waals surface area contributed by atoms with Crippen molar-refractivity contribution in [2.24, 2.45) is 0 Å². The van der Waals surface area contributed by atoms with Crippen molar-refractivity contribution >= 4 is 19.4 Å². The third kappa shape index (κ3) is 3.22. The predicted octanol–water partition coefficient (Wildman–Crippen LogP) is 1.54. The normalized spacial score (nSPS) is 11.5. The van der Waals surface area contributed by atoms with Crippen LogP contribution in [0.3, 0.4) is 0 Å². The maximum absolute atomic E-state index is 11.8. The van der Waals surface area contributed by atoms with Crippen LogP contribution in [0.2, 0.25) is 0 Å². The van der Waals surface area contributed by atoms with Crippen molar-refractivity contribution < 1.29 is 18.4 Å². The van der Waals surface area contributed by atoms with Crippen LogP contribution in [0.1, 0.15) is 39.5 Å². The third-order valence-electron chi connectivity index (χ3n) is 2.26. The topological polar surface area (TPSA) is 52.6 Å². The molecule has 0 atom stereocenters. The molecule has 0 amide bonds. The zero-order valence-electron chi connectivity index (χ0n) is 9.96. The number of carbonyl (C=O) groups is 2. The maximum atomic E-state index is 11.8. The van der Waals surface area contributed by atoms with Crippen LogP contribution in [-0.4, -0.2) is 33.6 Å². The highest BCUT2D eigenvalue weighted by atomic mass is 28.4. The lowest BCUT2D eigenvalue weighted by molar-refractivity contribution is -0.121. The molecule has 0 spiro atoms. The van der Waals surface area contributed by atoms with Gasteiger partial charge in [0.15, 0.2) is 10.8 Å². The summed E-state index contributed by atoms with van der Waals surface area (Å²) in [5, 5.41) is -0.318. The van der Waals surface area contributed by atoms with E-state index in [9.17, 15) is 9.59 Å². The van der Waals surface area contributed by atoms with E-state index < -0.39 is 8.56 Å². The van der Waals surface area contributed by atoms with Crippen molar-refractivity contribution in [2.75, 3.05) is 14.2 Å². The second-order valence-corrected chi connectivity index (χ2v) is 6.54. The second kappa shape index (κ2) is 6.87. The van der Waals surface area contributed by atoms with Gasteiger partial charge < -0.3 is 8.85 Å². The molecule has 0 aliphatic heterocycles. The Kier molecular flexibility index (Phi) is 6.63. The summed E-state index contributed by atoms with van der Waals surface area (Å²) in [7, 11) is -0.498. The summed E-state index contributed by atoms with van der Waals surface area (Å²) in [6.45, 7) is 3.79. The Bertz CT molecular complexity index is 203. The lowest BCUT2D eigenvalue weighted by atomic mass is 10.4. The highest BCUT2D eigenvalue weighted by molar-refractivity contribution is 7.17. The van der Waals surface area contributed by atoms with Gasteiger partial charge in [-0.25, -0.2) is 0 Å². The van der Waals surface area contributed by atoms with Crippen molar-refractivity contribution in [2.45, 2.75) is 39.5 Å². The van der Waals surface area contributed by atoms with Gasteiger partial charge in [0.2, 0.25) is 0 Å². The molecule has 0 aliphatic carbocycles. The van der Waals surface area contributed by atoms with Gasteiger partial charge in [-0.1, -0.05) is 13.8 Å². The molecule has 0 heterocycles. The molecule has 5 heteroatoms. The second-order valence-electron chi connectivity index (χ2n) is 3.37. The van der Waals surface area contributed by atoms with Crippen molar-refractivity contribution in [1.29, 1.82) is 0 Å². The fourth-order valence-electron chi connectivity index (χ4n) is 1.48. The summed E-state index contributed by atoms with van der Waals surface area (Å²) in [6, 6.07) is 0. The summed E-state index contributed by atoms with van der Waals surface area (Å²) < 4.78 is 10.3. The Labute approximate surface area is 92.2 Å². The highest BCUT2D eigenvalue weighted by Gasteiger charge is 2.51. The van der Waals surface area contributed by atoms with Gasteiger partial charge in [0.05, 0.1) is 0 Å². The average Bonchev–Trinajstić information content (AvgIpc) is 2.21. The molecule has 0 bridgehead atoms. The molecule has 15 heavy (non-hydrogen) atoms. The number of hydrogen-bond donors (Lipinski definition) is 0. The Morgan fingerprint density at radius 1 is 0.933 bits per heavy atom. The smallest absolute Gasteiger partial charge is 0.388 e. The zero-order valence-corrected chi connectivity index (χ0v) is 11.0. The van der Waals surface area contributed by atoms with Gasteiger partial charge in [-0.15, -0.1) is 0 Å². The fraction of sp³-hybridized carbons (Fsp3) is 0.800. The van der Waals surface area contributed by atoms with Crippen molar-refractivity contribution in [3.63, 3.8) is 0 Å². The first-order valence-electron chi connectivity index (χ1n) is 5.25. The Balaban J connectivity index is 4.86. The molecule has 4 nitrogen and oxygen atoms in total. The molecule has 0 fully saturated rings. The lowest BCUT2D eigenvalue weighted by Gasteiger charge is -2.23. The van der Waals surface area contributed by atoms with Gasteiger partial charge in [0.25, 0.3) is 0 Å². The molecule has 0 aromatic carbocycles. The van der Waals surface area contributed by atoms with Gasteiger partial charge >= 0.3 is 8.56 Å². The van der Waals surface area contributed by atoms with Gasteiger partial charge in [-0.05, 0) is 12.8 Å². The first kappa shape index (κ1) is 14.5. The molecule has 88 valence electrons. The minimum absolute atomic E-state index is 0.159. The van der Waals surface area contributed by atoms with E-state index >= 15 is 0 Å². The first-order valence-corrected chi connectivity index (χ1v) is 7.07. The van der Waals surface area contributed by atoms with Crippen molar-refractivity contribution in [3.05, 3.63) is 0 Å². The fourth-order valence-corrected chi connectivity index (χ4v) is 4.02. The maximum Gasteiger partial charge on any atom is 0.480 e. The summed E-state index contributed by atoms with van der Waals surface area (Å²) in [6.07, 6.45) is 2.12. The van der Waals surface area contributed by atoms with Gasteiger partial charge in [-0.3, -0.25) is 9.59 Å². The van der Waals surface area contributed by atoms with Gasteiger partial charge in [0, 0.05) is 27.1 Å². The molecule has 0 unspecified atom stereocenters. The number of hydrogen-bond acceptors (Lipinski definition) is 4. The van der Waals surface area contributed by atoms with Crippen molar-refractivity contribution in [1.82, 2.24) is 0 Å². The highest BCUT2D eigenvalue weighted by Crippen LogP contribution is 2.14. The molecule has 0 saturated heterocycles. The molecular formula is C10H20O4Si. The van der Waals surface area contributed by atoms with E-state index in [4.69, 9.17) is 8.85 Å². The molecule has 0 rings (SSSR count). The van der Waals surface area contributed by atoms with E-state index in [2.05, 4.69) is 0 Å². The van der Waals surface area contributed by atoms with Crippen LogP contribution in [0.25, 0.3) is 0 Å². The van der Waals surface area contributed by atoms with Crippen LogP contribution in [0, 0.1) is 0 Å². The van der Waals surface area contributed by atoms with Crippen LogP contribution in [-0.2, 0) is 18.4 Å². The molecule has 0 aliphatic rings. The van der Waals surface area contributed by atoms with E-state index in [1.807, 2.05) is 13.8 Å². The summed E-state index contributed by atoms with van der Waals surface area (Å²) >= 11 is 0. The zero-order chi connectivity index (χ0) is 11.9. The SMILES string of the molecule is CCCC(=O)[Si](OC)(OC)C(=O)CCC. The minimum Gasteiger partial charge on any atom is -0.388 e. The van der Waals surface area contributed by atoms with Gasteiger partial charge in [-0.2, -0.15) is 0 Å². The van der Waals surface area contributed by atoms with E-state index in [1.54, 1.807) is 0 Å². The predicted molar refractivity (Wildman–Crippen MR) is 59.6 cm³/mol. The first-order chi connectivity index (χ1) is 7.08. The largest absolute Gasteiger partial charge is 0.480 e. The van der Waals surface area contributed by atoms with Crippen LogP contribution >= 0.6 is 0 Å². The quantitative estimate of drug-likeness (QED) is 0.596. The number of rotatable bonds is 8. The van der Waals surface area contributed by atoms with Crippen LogP contribution in [0.4, 0.5) is 0 Å². The molecule has 0 aromatic rings. The van der Waals surface area contributed by atoms with Crippen LogP contribution < -0.4 is 0 Å². The molecule has 0 radical (unpaired) electrons. The Hall–Kier alpha value is -0.523. The van der Waals surface area contributed by atoms with E-state index in [1.165, 1.54) is 14.2 Å². The third-order valence-corrected chi connectivity index (χ3v) is 5.38. The van der Waals surface area contributed by atoms with Crippen LogP contribution in [0.15, 0.2) is 0 Å². The standard InChI is InChI=1S/C10H20O4Si/c1-5-7-9(11)15(13-3,14-4)10(12)8-6-2/h5-8H2,1-4H3. The van der Waals surface area contributed by atoms with E-state index in [0.29, 0.717) is 25.7 Å². The van der Waals surface area contributed by atoms with Crippen molar-refractivity contribution in [3.8, 4) is 0 Å².